The van der Waals surface area contributed by atoms with Gasteiger partial charge in [0.05, 0.1) is 4.88 Å². The van der Waals surface area contributed by atoms with Gasteiger partial charge in [-0.3, -0.25) is 0 Å². The van der Waals surface area contributed by atoms with E-state index in [1.165, 1.54) is 11.1 Å². The summed E-state index contributed by atoms with van der Waals surface area (Å²) < 4.78 is 0. The zero-order valence-electron chi connectivity index (χ0n) is 9.79. The SMILES string of the molecule is C=Cc1c(/C=C\C)sc(C=N)c1/C=C\CC. The van der Waals surface area contributed by atoms with E-state index in [9.17, 15) is 0 Å². The third-order valence-electron chi connectivity index (χ3n) is 2.21. The highest BCUT2D eigenvalue weighted by Gasteiger charge is 2.10. The molecule has 1 aromatic heterocycles. The lowest BCUT2D eigenvalue weighted by Crippen LogP contribution is -1.80. The Morgan fingerprint density at radius 3 is 2.50 bits per heavy atom. The van der Waals surface area contributed by atoms with Gasteiger partial charge in [-0.2, -0.15) is 0 Å². The quantitative estimate of drug-likeness (QED) is 0.701. The summed E-state index contributed by atoms with van der Waals surface area (Å²) >= 11 is 1.63. The minimum absolute atomic E-state index is 0.993. The Hall–Kier alpha value is -1.41. The summed E-state index contributed by atoms with van der Waals surface area (Å²) in [5.41, 5.74) is 2.25. The lowest BCUT2D eigenvalue weighted by Gasteiger charge is -1.95. The minimum atomic E-state index is 0.993. The summed E-state index contributed by atoms with van der Waals surface area (Å²) in [4.78, 5) is 2.17. The van der Waals surface area contributed by atoms with E-state index in [1.807, 2.05) is 19.1 Å². The number of allylic oxidation sites excluding steroid dienone is 2. The highest BCUT2D eigenvalue weighted by Crippen LogP contribution is 2.30. The fourth-order valence-electron chi connectivity index (χ4n) is 1.49. The molecule has 1 N–H and O–H groups in total. The smallest absolute Gasteiger partial charge is 0.0530 e. The third-order valence-corrected chi connectivity index (χ3v) is 3.35. The molecule has 1 aromatic rings. The standard InChI is InChI=1S/C14H17NS/c1-4-7-9-12-11(6-3)13(8-5-2)16-14(12)10-15/h5-10,15H,3-4H2,1-2H3/b8-5-,9-7-,15-10?. The van der Waals surface area contributed by atoms with Gasteiger partial charge in [-0.25, -0.2) is 0 Å². The van der Waals surface area contributed by atoms with Crippen LogP contribution in [0.25, 0.3) is 18.2 Å². The van der Waals surface area contributed by atoms with E-state index < -0.39 is 0 Å². The molecule has 0 radical (unpaired) electrons. The van der Waals surface area contributed by atoms with Crippen molar-refractivity contribution in [3.05, 3.63) is 39.6 Å². The molecule has 0 aromatic carbocycles. The van der Waals surface area contributed by atoms with Crippen molar-refractivity contribution >= 4 is 35.8 Å². The van der Waals surface area contributed by atoms with E-state index in [0.717, 1.165) is 22.4 Å². The van der Waals surface area contributed by atoms with Crippen LogP contribution in [0.3, 0.4) is 0 Å². The molecule has 0 amide bonds. The summed E-state index contributed by atoms with van der Waals surface area (Å²) in [6, 6.07) is 0. The normalized spacial score (nSPS) is 11.4. The monoisotopic (exact) mass is 231 g/mol. The van der Waals surface area contributed by atoms with Gasteiger partial charge >= 0.3 is 0 Å². The fraction of sp³-hybridized carbons (Fsp3) is 0.214. The van der Waals surface area contributed by atoms with E-state index >= 15 is 0 Å². The van der Waals surface area contributed by atoms with Crippen LogP contribution in [0.5, 0.6) is 0 Å². The summed E-state index contributed by atoms with van der Waals surface area (Å²) in [5.74, 6) is 0. The van der Waals surface area contributed by atoms with Crippen LogP contribution >= 0.6 is 11.3 Å². The van der Waals surface area contributed by atoms with Crippen LogP contribution in [-0.4, -0.2) is 6.21 Å². The van der Waals surface area contributed by atoms with E-state index in [0.29, 0.717) is 0 Å². The van der Waals surface area contributed by atoms with E-state index in [-0.39, 0.29) is 0 Å². The van der Waals surface area contributed by atoms with Crippen LogP contribution in [0.15, 0.2) is 18.7 Å². The zero-order valence-corrected chi connectivity index (χ0v) is 10.6. The van der Waals surface area contributed by atoms with Gasteiger partial charge in [-0.05, 0) is 25.0 Å². The summed E-state index contributed by atoms with van der Waals surface area (Å²) in [7, 11) is 0. The highest BCUT2D eigenvalue weighted by atomic mass is 32.1. The maximum Gasteiger partial charge on any atom is 0.0530 e. The van der Waals surface area contributed by atoms with Crippen molar-refractivity contribution in [3.63, 3.8) is 0 Å². The molecule has 84 valence electrons. The molecule has 0 saturated carbocycles. The molecule has 0 atom stereocenters. The van der Waals surface area contributed by atoms with Crippen molar-refractivity contribution in [2.75, 3.05) is 0 Å². The number of nitrogens with one attached hydrogen (secondary N) is 1. The van der Waals surface area contributed by atoms with Crippen molar-refractivity contribution in [2.45, 2.75) is 20.3 Å². The lowest BCUT2D eigenvalue weighted by molar-refractivity contribution is 1.23. The second-order valence-corrected chi connectivity index (χ2v) is 4.40. The number of rotatable bonds is 5. The topological polar surface area (TPSA) is 23.9 Å². The Balaban J connectivity index is 3.36. The molecule has 0 bridgehead atoms. The first-order valence-corrected chi connectivity index (χ1v) is 6.19. The Morgan fingerprint density at radius 2 is 2.00 bits per heavy atom. The van der Waals surface area contributed by atoms with Gasteiger partial charge in [0, 0.05) is 16.7 Å². The first-order chi connectivity index (χ1) is 7.78. The van der Waals surface area contributed by atoms with Crippen LogP contribution in [0, 0.1) is 5.41 Å². The average molecular weight is 231 g/mol. The van der Waals surface area contributed by atoms with Crippen LogP contribution in [0.2, 0.25) is 0 Å². The van der Waals surface area contributed by atoms with Gasteiger partial charge in [-0.1, -0.05) is 37.8 Å². The van der Waals surface area contributed by atoms with Gasteiger partial charge < -0.3 is 5.41 Å². The first-order valence-electron chi connectivity index (χ1n) is 5.37. The Morgan fingerprint density at radius 1 is 1.25 bits per heavy atom. The Labute approximate surface area is 101 Å². The maximum absolute atomic E-state index is 7.43. The van der Waals surface area contributed by atoms with Gasteiger partial charge in [-0.15, -0.1) is 11.3 Å². The molecular weight excluding hydrogens is 214 g/mol. The van der Waals surface area contributed by atoms with Gasteiger partial charge in [0.2, 0.25) is 0 Å². The van der Waals surface area contributed by atoms with Crippen molar-refractivity contribution in [3.8, 4) is 0 Å². The molecule has 0 fully saturated rings. The molecule has 2 heteroatoms. The molecular formula is C14H17NS. The van der Waals surface area contributed by atoms with Gasteiger partial charge in [0.25, 0.3) is 0 Å². The van der Waals surface area contributed by atoms with Crippen molar-refractivity contribution in [1.82, 2.24) is 0 Å². The average Bonchev–Trinajstić information content (AvgIpc) is 2.64. The largest absolute Gasteiger partial charge is 0.307 e. The van der Waals surface area contributed by atoms with Crippen LogP contribution in [0.1, 0.15) is 41.1 Å². The van der Waals surface area contributed by atoms with Gasteiger partial charge in [0.1, 0.15) is 0 Å². The fourth-order valence-corrected chi connectivity index (χ4v) is 2.59. The third kappa shape index (κ3) is 2.58. The molecule has 16 heavy (non-hydrogen) atoms. The summed E-state index contributed by atoms with van der Waals surface area (Å²) in [6.45, 7) is 7.96. The second-order valence-electron chi connectivity index (χ2n) is 3.32. The Kier molecular flexibility index (Phi) is 4.93. The summed E-state index contributed by atoms with van der Waals surface area (Å²) in [6.07, 6.45) is 12.6. The van der Waals surface area contributed by atoms with Crippen LogP contribution in [-0.2, 0) is 0 Å². The molecule has 1 rings (SSSR count). The van der Waals surface area contributed by atoms with E-state index in [4.69, 9.17) is 5.41 Å². The molecule has 1 nitrogen and oxygen atoms in total. The Bertz CT molecular complexity index is 436. The molecule has 0 aliphatic carbocycles. The van der Waals surface area contributed by atoms with Crippen LogP contribution < -0.4 is 0 Å². The predicted octanol–water partition coefficient (Wildman–Crippen LogP) is 4.85. The molecule has 1 heterocycles. The van der Waals surface area contributed by atoms with Crippen molar-refractivity contribution < 1.29 is 0 Å². The van der Waals surface area contributed by atoms with Gasteiger partial charge in [0.15, 0.2) is 0 Å². The van der Waals surface area contributed by atoms with Crippen LogP contribution in [0.4, 0.5) is 0 Å². The van der Waals surface area contributed by atoms with Crippen molar-refractivity contribution in [1.29, 1.82) is 5.41 Å². The zero-order chi connectivity index (χ0) is 12.0. The number of hydrogen-bond donors (Lipinski definition) is 1. The highest BCUT2D eigenvalue weighted by molar-refractivity contribution is 7.15. The molecule has 0 aliphatic rings. The number of hydrogen-bond acceptors (Lipinski definition) is 2. The van der Waals surface area contributed by atoms with Crippen molar-refractivity contribution in [2.24, 2.45) is 0 Å². The molecule has 0 saturated heterocycles. The number of thiophene rings is 1. The predicted molar refractivity (Wildman–Crippen MR) is 76.3 cm³/mol. The van der Waals surface area contributed by atoms with E-state index in [1.54, 1.807) is 11.3 Å². The maximum atomic E-state index is 7.43. The molecule has 0 unspecified atom stereocenters. The summed E-state index contributed by atoms with van der Waals surface area (Å²) in [5, 5.41) is 7.43. The minimum Gasteiger partial charge on any atom is -0.307 e. The van der Waals surface area contributed by atoms with E-state index in [2.05, 4.69) is 31.7 Å². The second kappa shape index (κ2) is 6.23. The lowest BCUT2D eigenvalue weighted by atomic mass is 10.1. The first kappa shape index (κ1) is 12.7. The molecule has 0 spiro atoms. The molecule has 0 aliphatic heterocycles.